The van der Waals surface area contributed by atoms with Crippen LogP contribution in [0.1, 0.15) is 76.5 Å². The number of carbonyl (C=O) groups excluding carboxylic acids is 4. The van der Waals surface area contributed by atoms with Gasteiger partial charge in [0.05, 0.1) is 32.8 Å². The van der Waals surface area contributed by atoms with E-state index in [0.29, 0.717) is 30.9 Å². The van der Waals surface area contributed by atoms with Crippen LogP contribution in [0, 0.1) is 11.8 Å². The van der Waals surface area contributed by atoms with E-state index in [-0.39, 0.29) is 29.5 Å². The van der Waals surface area contributed by atoms with Crippen molar-refractivity contribution in [3.05, 3.63) is 35.5 Å². The zero-order valence-electron chi connectivity index (χ0n) is 26.3. The fourth-order valence-electron chi connectivity index (χ4n) is 5.02. The highest BCUT2D eigenvalue weighted by Gasteiger charge is 2.41. The maximum absolute atomic E-state index is 13.6. The number of Topliss-reactive ketones (excluding diaryl/α,β-unsaturated/α-hetero) is 1. The molecule has 1 fully saturated rings. The minimum atomic E-state index is -0.975. The zero-order valence-corrected chi connectivity index (χ0v) is 26.3. The Kier molecular flexibility index (Phi) is 10.8. The highest BCUT2D eigenvalue weighted by molar-refractivity contribution is 6.00. The maximum Gasteiger partial charge on any atom is 0.407 e. The van der Waals surface area contributed by atoms with Crippen LogP contribution >= 0.6 is 0 Å². The summed E-state index contributed by atoms with van der Waals surface area (Å²) in [5.41, 5.74) is 0.0197. The van der Waals surface area contributed by atoms with Crippen molar-refractivity contribution in [2.75, 3.05) is 27.9 Å². The standard InChI is InChI=1S/C30H43N5O8/c1-16(2)22(31-25(37)19-11-10-14-35(19)27(38)23(17(3)4)32-29(39)42-9)24(36)26-33-34-28(43-26)30(5,6)18-12-13-20(40-7)21(15-18)41-8/h12-13,15-17,19,22-23H,10-11,14H2,1-9H3,(H,31,37)(H,32,39)/t19-,22?,23-/m0/s1. The molecule has 0 spiro atoms. The van der Waals surface area contributed by atoms with Gasteiger partial charge in [-0.05, 0) is 56.2 Å². The molecule has 1 unspecified atom stereocenters. The maximum atomic E-state index is 13.6. The van der Waals surface area contributed by atoms with E-state index in [9.17, 15) is 19.2 Å². The monoisotopic (exact) mass is 601 g/mol. The molecule has 1 saturated heterocycles. The number of carbonyl (C=O) groups is 4. The van der Waals surface area contributed by atoms with E-state index in [2.05, 4.69) is 25.6 Å². The van der Waals surface area contributed by atoms with Crippen LogP contribution in [-0.2, 0) is 19.7 Å². The van der Waals surface area contributed by atoms with E-state index in [1.165, 1.54) is 12.0 Å². The number of nitrogens with one attached hydrogen (secondary N) is 2. The number of rotatable bonds is 12. The van der Waals surface area contributed by atoms with Gasteiger partial charge in [-0.25, -0.2) is 4.79 Å². The van der Waals surface area contributed by atoms with Crippen molar-refractivity contribution in [1.29, 1.82) is 0 Å². The van der Waals surface area contributed by atoms with Gasteiger partial charge in [0.15, 0.2) is 11.5 Å². The van der Waals surface area contributed by atoms with Crippen molar-refractivity contribution < 1.29 is 37.8 Å². The van der Waals surface area contributed by atoms with Gasteiger partial charge in [-0.3, -0.25) is 14.4 Å². The summed E-state index contributed by atoms with van der Waals surface area (Å²) in [6, 6.07) is 2.79. The number of hydrogen-bond acceptors (Lipinski definition) is 10. The van der Waals surface area contributed by atoms with Gasteiger partial charge < -0.3 is 34.2 Å². The summed E-state index contributed by atoms with van der Waals surface area (Å²) in [5.74, 6) is -0.864. The Morgan fingerprint density at radius 2 is 1.60 bits per heavy atom. The lowest BCUT2D eigenvalue weighted by molar-refractivity contribution is -0.141. The lowest BCUT2D eigenvalue weighted by Crippen LogP contribution is -2.57. The highest BCUT2D eigenvalue weighted by Crippen LogP contribution is 2.36. The first kappa shape index (κ1) is 33.3. The number of benzene rings is 1. The van der Waals surface area contributed by atoms with Crippen molar-refractivity contribution >= 4 is 23.7 Å². The number of methoxy groups -OCH3 is 3. The number of alkyl carbamates (subject to hydrolysis) is 1. The predicted molar refractivity (Wildman–Crippen MR) is 156 cm³/mol. The van der Waals surface area contributed by atoms with E-state index in [1.54, 1.807) is 54.0 Å². The Bertz CT molecular complexity index is 1320. The van der Waals surface area contributed by atoms with E-state index in [4.69, 9.17) is 13.9 Å². The molecule has 1 aliphatic heterocycles. The predicted octanol–water partition coefficient (Wildman–Crippen LogP) is 3.11. The molecule has 13 nitrogen and oxygen atoms in total. The first-order valence-corrected chi connectivity index (χ1v) is 14.3. The molecule has 0 radical (unpaired) electrons. The van der Waals surface area contributed by atoms with Gasteiger partial charge in [0.25, 0.3) is 5.89 Å². The normalized spacial score (nSPS) is 16.5. The summed E-state index contributed by atoms with van der Waals surface area (Å²) in [5, 5.41) is 13.6. The van der Waals surface area contributed by atoms with Crippen molar-refractivity contribution in [3.63, 3.8) is 0 Å². The van der Waals surface area contributed by atoms with Crippen LogP contribution in [0.2, 0.25) is 0 Å². The van der Waals surface area contributed by atoms with Crippen LogP contribution in [0.15, 0.2) is 22.6 Å². The molecule has 3 atom stereocenters. The molecule has 0 aliphatic carbocycles. The minimum absolute atomic E-state index is 0.210. The Hall–Kier alpha value is -4.16. The Labute approximate surface area is 252 Å². The molecule has 1 aliphatic rings. The summed E-state index contributed by atoms with van der Waals surface area (Å²) < 4.78 is 21.3. The van der Waals surface area contributed by atoms with Gasteiger partial charge in [-0.15, -0.1) is 10.2 Å². The first-order valence-electron chi connectivity index (χ1n) is 14.3. The second kappa shape index (κ2) is 13.9. The number of likely N-dealkylation sites (tertiary alicyclic amines) is 1. The molecular formula is C30H43N5O8. The molecule has 3 amide bonds. The van der Waals surface area contributed by atoms with Crippen molar-refractivity contribution in [1.82, 2.24) is 25.7 Å². The van der Waals surface area contributed by atoms with Crippen LogP contribution in [0.25, 0.3) is 0 Å². The van der Waals surface area contributed by atoms with Gasteiger partial charge >= 0.3 is 6.09 Å². The zero-order chi connectivity index (χ0) is 32.1. The van der Waals surface area contributed by atoms with Gasteiger partial charge in [0.2, 0.25) is 23.5 Å². The summed E-state index contributed by atoms with van der Waals surface area (Å²) in [7, 11) is 4.31. The molecule has 2 heterocycles. The number of aromatic nitrogens is 2. The molecular weight excluding hydrogens is 558 g/mol. The van der Waals surface area contributed by atoms with E-state index < -0.39 is 41.3 Å². The lowest BCUT2D eigenvalue weighted by Gasteiger charge is -2.31. The molecule has 43 heavy (non-hydrogen) atoms. The van der Waals surface area contributed by atoms with E-state index in [0.717, 1.165) is 5.56 Å². The van der Waals surface area contributed by atoms with Crippen LogP contribution in [0.3, 0.4) is 0 Å². The molecule has 0 saturated carbocycles. The third-order valence-corrected chi connectivity index (χ3v) is 7.75. The SMILES string of the molecule is COC(=O)N[C@H](C(=O)N1CCC[C@H]1C(=O)NC(C(=O)c1nnc(C(C)(C)c2ccc(OC)c(OC)c2)o1)C(C)C)C(C)C. The van der Waals surface area contributed by atoms with Gasteiger partial charge in [-0.2, -0.15) is 0 Å². The summed E-state index contributed by atoms with van der Waals surface area (Å²) in [6.45, 7) is 11.3. The topological polar surface area (TPSA) is 162 Å². The van der Waals surface area contributed by atoms with Crippen LogP contribution in [0.4, 0.5) is 4.79 Å². The number of nitrogens with zero attached hydrogens (tertiary/aromatic N) is 3. The number of ether oxygens (including phenoxy) is 3. The number of ketones is 1. The summed E-state index contributed by atoms with van der Waals surface area (Å²) in [6.07, 6.45) is 0.292. The van der Waals surface area contributed by atoms with Crippen LogP contribution in [-0.4, -0.2) is 84.8 Å². The minimum Gasteiger partial charge on any atom is -0.493 e. The second-order valence-corrected chi connectivity index (χ2v) is 11.7. The average molecular weight is 602 g/mol. The molecule has 2 aromatic rings. The second-order valence-electron chi connectivity index (χ2n) is 11.7. The number of hydrogen-bond donors (Lipinski definition) is 2. The molecule has 1 aromatic carbocycles. The lowest BCUT2D eigenvalue weighted by atomic mass is 9.84. The van der Waals surface area contributed by atoms with Crippen molar-refractivity contribution in [2.24, 2.45) is 11.8 Å². The third kappa shape index (κ3) is 7.26. The third-order valence-electron chi connectivity index (χ3n) is 7.75. The molecule has 236 valence electrons. The van der Waals surface area contributed by atoms with E-state index >= 15 is 0 Å². The summed E-state index contributed by atoms with van der Waals surface area (Å²) in [4.78, 5) is 53.7. The smallest absolute Gasteiger partial charge is 0.407 e. The van der Waals surface area contributed by atoms with Crippen LogP contribution in [0.5, 0.6) is 11.5 Å². The summed E-state index contributed by atoms with van der Waals surface area (Å²) >= 11 is 0. The quantitative estimate of drug-likeness (QED) is 0.346. The molecule has 0 bridgehead atoms. The van der Waals surface area contributed by atoms with Gasteiger partial charge in [0, 0.05) is 6.54 Å². The Balaban J connectivity index is 1.79. The fraction of sp³-hybridized carbons (Fsp3) is 0.600. The van der Waals surface area contributed by atoms with Crippen LogP contribution < -0.4 is 20.1 Å². The average Bonchev–Trinajstić information content (AvgIpc) is 3.68. The largest absolute Gasteiger partial charge is 0.493 e. The molecule has 1 aromatic heterocycles. The highest BCUT2D eigenvalue weighted by atomic mass is 16.5. The molecule has 2 N–H and O–H groups in total. The first-order chi connectivity index (χ1) is 20.3. The van der Waals surface area contributed by atoms with Crippen molar-refractivity contribution in [2.45, 2.75) is 77.9 Å². The van der Waals surface area contributed by atoms with Gasteiger partial charge in [-0.1, -0.05) is 33.8 Å². The Morgan fingerprint density at radius 3 is 2.19 bits per heavy atom. The van der Waals surface area contributed by atoms with Gasteiger partial charge in [0.1, 0.15) is 12.1 Å². The van der Waals surface area contributed by atoms with Crippen molar-refractivity contribution in [3.8, 4) is 11.5 Å². The Morgan fingerprint density at radius 1 is 0.953 bits per heavy atom. The fourth-order valence-corrected chi connectivity index (χ4v) is 5.02. The number of amides is 3. The molecule has 13 heteroatoms. The molecule has 3 rings (SSSR count). The van der Waals surface area contributed by atoms with E-state index in [1.807, 2.05) is 19.9 Å².